The molecule has 0 rings (SSSR count). The standard InChI is InChI=1S/C3H6N2O2/c1-3(2)4-5(6)7/h4H,1H2,2H3. The van der Waals surface area contributed by atoms with Gasteiger partial charge in [0.1, 0.15) is 0 Å². The second-order valence-corrected chi connectivity index (χ2v) is 1.15. The molecular formula is C3H6N2O2. The SMILES string of the molecule is C=C(C)N[N+](=O)[O-]. The Labute approximate surface area is 41.0 Å². The molecule has 0 bridgehead atoms. The van der Waals surface area contributed by atoms with Crippen molar-refractivity contribution < 1.29 is 5.03 Å². The third-order valence-corrected chi connectivity index (χ3v) is 0.282. The van der Waals surface area contributed by atoms with E-state index in [0.717, 1.165) is 0 Å². The number of nitrogens with one attached hydrogen (secondary N) is 1. The van der Waals surface area contributed by atoms with Crippen LogP contribution in [0.1, 0.15) is 6.92 Å². The molecule has 4 heteroatoms. The van der Waals surface area contributed by atoms with Gasteiger partial charge in [0, 0.05) is 0 Å². The zero-order valence-electron chi connectivity index (χ0n) is 3.97. The van der Waals surface area contributed by atoms with Crippen molar-refractivity contribution in [1.29, 1.82) is 0 Å². The van der Waals surface area contributed by atoms with Crippen LogP contribution in [0.2, 0.25) is 0 Å². The molecule has 0 aliphatic heterocycles. The van der Waals surface area contributed by atoms with Crippen LogP contribution >= 0.6 is 0 Å². The molecule has 0 saturated carbocycles. The summed E-state index contributed by atoms with van der Waals surface area (Å²) in [7, 11) is 0. The average molecular weight is 102 g/mol. The van der Waals surface area contributed by atoms with Gasteiger partial charge in [0.25, 0.3) is 0 Å². The van der Waals surface area contributed by atoms with E-state index in [4.69, 9.17) is 0 Å². The van der Waals surface area contributed by atoms with Crippen molar-refractivity contribution in [1.82, 2.24) is 5.43 Å². The van der Waals surface area contributed by atoms with Crippen LogP contribution in [0, 0.1) is 10.1 Å². The molecule has 40 valence electrons. The molecule has 7 heavy (non-hydrogen) atoms. The average Bonchev–Trinajstić information content (AvgIpc) is 1.27. The number of hydrazine groups is 1. The highest BCUT2D eigenvalue weighted by atomic mass is 16.7. The highest BCUT2D eigenvalue weighted by Gasteiger charge is 1.87. The fourth-order valence-electron chi connectivity index (χ4n) is 0.156. The highest BCUT2D eigenvalue weighted by Crippen LogP contribution is 1.73. The van der Waals surface area contributed by atoms with Crippen molar-refractivity contribution in [2.45, 2.75) is 6.92 Å². The van der Waals surface area contributed by atoms with Crippen molar-refractivity contribution in [3.63, 3.8) is 0 Å². The van der Waals surface area contributed by atoms with Gasteiger partial charge in [0.05, 0.1) is 5.70 Å². The van der Waals surface area contributed by atoms with Gasteiger partial charge >= 0.3 is 0 Å². The van der Waals surface area contributed by atoms with E-state index in [2.05, 4.69) is 6.58 Å². The number of nitro groups is 1. The van der Waals surface area contributed by atoms with E-state index in [0.29, 0.717) is 5.70 Å². The van der Waals surface area contributed by atoms with Crippen molar-refractivity contribution in [3.05, 3.63) is 22.4 Å². The summed E-state index contributed by atoms with van der Waals surface area (Å²) in [5.41, 5.74) is 2.17. The first kappa shape index (κ1) is 5.94. The predicted molar refractivity (Wildman–Crippen MR) is 24.9 cm³/mol. The molecule has 0 aromatic rings. The zero-order valence-corrected chi connectivity index (χ0v) is 3.97. The van der Waals surface area contributed by atoms with E-state index < -0.39 is 5.03 Å². The van der Waals surface area contributed by atoms with Gasteiger partial charge in [-0.25, -0.2) is 10.1 Å². The number of hydrogen-bond acceptors (Lipinski definition) is 2. The van der Waals surface area contributed by atoms with Gasteiger partial charge in [-0.15, -0.1) is 5.43 Å². The Morgan fingerprint density at radius 2 is 2.43 bits per heavy atom. The Morgan fingerprint density at radius 3 is 2.43 bits per heavy atom. The molecule has 0 atom stereocenters. The fourth-order valence-corrected chi connectivity index (χ4v) is 0.156. The van der Waals surface area contributed by atoms with E-state index in [9.17, 15) is 10.1 Å². The van der Waals surface area contributed by atoms with Crippen LogP contribution in [-0.2, 0) is 0 Å². The summed E-state index contributed by atoms with van der Waals surface area (Å²) in [6, 6.07) is 0. The van der Waals surface area contributed by atoms with E-state index in [1.807, 2.05) is 5.43 Å². The van der Waals surface area contributed by atoms with Crippen molar-refractivity contribution >= 4 is 0 Å². The summed E-state index contributed by atoms with van der Waals surface area (Å²) in [5.74, 6) is 0. The van der Waals surface area contributed by atoms with Crippen molar-refractivity contribution in [3.8, 4) is 0 Å². The largest absolute Gasteiger partial charge is 0.235 e. The lowest BCUT2D eigenvalue weighted by Crippen LogP contribution is -2.17. The molecule has 4 nitrogen and oxygen atoms in total. The zero-order chi connectivity index (χ0) is 5.86. The van der Waals surface area contributed by atoms with Crippen LogP contribution in [0.15, 0.2) is 12.3 Å². The number of allylic oxidation sites excluding steroid dienone is 1. The maximum absolute atomic E-state index is 9.44. The topological polar surface area (TPSA) is 55.2 Å². The summed E-state index contributed by atoms with van der Waals surface area (Å²) < 4.78 is 0. The number of rotatable bonds is 2. The van der Waals surface area contributed by atoms with E-state index >= 15 is 0 Å². The second-order valence-electron chi connectivity index (χ2n) is 1.15. The lowest BCUT2D eigenvalue weighted by molar-refractivity contribution is -0.535. The third-order valence-electron chi connectivity index (χ3n) is 0.282. The lowest BCUT2D eigenvalue weighted by Gasteiger charge is -1.88. The molecule has 0 unspecified atom stereocenters. The number of nitrogens with zero attached hydrogens (tertiary/aromatic N) is 1. The van der Waals surface area contributed by atoms with Crippen LogP contribution in [0.5, 0.6) is 0 Å². The molecule has 0 spiro atoms. The Bertz CT molecular complexity index is 87.1. The molecule has 0 saturated heterocycles. The molecule has 0 fully saturated rings. The smallest absolute Gasteiger partial charge is 0.162 e. The minimum atomic E-state index is -0.650. The van der Waals surface area contributed by atoms with Gasteiger partial charge in [0.15, 0.2) is 5.03 Å². The second kappa shape index (κ2) is 2.17. The van der Waals surface area contributed by atoms with Crippen molar-refractivity contribution in [2.24, 2.45) is 0 Å². The van der Waals surface area contributed by atoms with Gasteiger partial charge < -0.3 is 0 Å². The highest BCUT2D eigenvalue weighted by molar-refractivity contribution is 4.78. The Morgan fingerprint density at radius 1 is 2.00 bits per heavy atom. The van der Waals surface area contributed by atoms with E-state index in [1.54, 1.807) is 0 Å². The van der Waals surface area contributed by atoms with Crippen LogP contribution in [-0.4, -0.2) is 5.03 Å². The van der Waals surface area contributed by atoms with Crippen LogP contribution in [0.4, 0.5) is 0 Å². The lowest BCUT2D eigenvalue weighted by atomic mass is 10.6. The quantitative estimate of drug-likeness (QED) is 0.403. The molecule has 0 heterocycles. The first-order valence-electron chi connectivity index (χ1n) is 1.69. The summed E-state index contributed by atoms with van der Waals surface area (Å²) in [6.07, 6.45) is 0. The van der Waals surface area contributed by atoms with Crippen molar-refractivity contribution in [2.75, 3.05) is 0 Å². The Balaban J connectivity index is 3.32. The summed E-state index contributed by atoms with van der Waals surface area (Å²) in [5, 5.41) is 8.79. The number of hydrogen-bond donors (Lipinski definition) is 1. The minimum Gasteiger partial charge on any atom is -0.235 e. The maximum atomic E-state index is 9.44. The molecule has 1 N–H and O–H groups in total. The molecule has 0 aliphatic rings. The van der Waals surface area contributed by atoms with E-state index in [-0.39, 0.29) is 0 Å². The molecule has 0 aromatic carbocycles. The first-order valence-corrected chi connectivity index (χ1v) is 1.69. The molecule has 0 amide bonds. The first-order chi connectivity index (χ1) is 3.13. The van der Waals surface area contributed by atoms with Crippen LogP contribution in [0.3, 0.4) is 0 Å². The molecule has 0 radical (unpaired) electrons. The maximum Gasteiger partial charge on any atom is 0.162 e. The normalized spacial score (nSPS) is 7.57. The summed E-state index contributed by atoms with van der Waals surface area (Å²) >= 11 is 0. The van der Waals surface area contributed by atoms with Crippen LogP contribution < -0.4 is 5.43 Å². The molecule has 0 aliphatic carbocycles. The summed E-state index contributed by atoms with van der Waals surface area (Å²) in [6.45, 7) is 4.76. The Hall–Kier alpha value is -1.06. The Kier molecular flexibility index (Phi) is 1.84. The molecular weight excluding hydrogens is 96.0 g/mol. The van der Waals surface area contributed by atoms with Gasteiger partial charge in [-0.2, -0.15) is 0 Å². The molecule has 0 aromatic heterocycles. The minimum absolute atomic E-state index is 0.338. The van der Waals surface area contributed by atoms with Gasteiger partial charge in [0.2, 0.25) is 0 Å². The van der Waals surface area contributed by atoms with Crippen LogP contribution in [0.25, 0.3) is 0 Å². The van der Waals surface area contributed by atoms with Gasteiger partial charge in [-0.3, -0.25) is 0 Å². The van der Waals surface area contributed by atoms with E-state index in [1.165, 1.54) is 6.92 Å². The monoisotopic (exact) mass is 102 g/mol. The van der Waals surface area contributed by atoms with Gasteiger partial charge in [-0.1, -0.05) is 6.58 Å². The fraction of sp³-hybridized carbons (Fsp3) is 0.333. The van der Waals surface area contributed by atoms with Gasteiger partial charge in [-0.05, 0) is 6.92 Å². The third kappa shape index (κ3) is 4.94. The predicted octanol–water partition coefficient (Wildman–Crippen LogP) is 0.301. The summed E-state index contributed by atoms with van der Waals surface area (Å²) in [4.78, 5) is 9.44.